The summed E-state index contributed by atoms with van der Waals surface area (Å²) < 4.78 is 0. The predicted octanol–water partition coefficient (Wildman–Crippen LogP) is 3.57. The molecule has 0 aliphatic heterocycles. The summed E-state index contributed by atoms with van der Waals surface area (Å²) in [6.45, 7) is 1.82. The van der Waals surface area contributed by atoms with Gasteiger partial charge in [-0.15, -0.1) is 11.3 Å². The van der Waals surface area contributed by atoms with Gasteiger partial charge in [0.15, 0.2) is 5.01 Å². The van der Waals surface area contributed by atoms with Crippen LogP contribution in [0.1, 0.15) is 16.7 Å². The van der Waals surface area contributed by atoms with Crippen LogP contribution in [0.25, 0.3) is 11.3 Å². The van der Waals surface area contributed by atoms with E-state index in [9.17, 15) is 4.79 Å². The van der Waals surface area contributed by atoms with E-state index in [2.05, 4.69) is 4.98 Å². The Kier molecular flexibility index (Phi) is 3.27. The monoisotopic (exact) mass is 229 g/mol. The summed E-state index contributed by atoms with van der Waals surface area (Å²) in [5.74, 6) is -0.0327. The van der Waals surface area contributed by atoms with Crippen LogP contribution in [-0.2, 0) is 0 Å². The molecular formula is C13H11NOS. The Labute approximate surface area is 98.3 Å². The maximum atomic E-state index is 11.6. The van der Waals surface area contributed by atoms with E-state index in [0.29, 0.717) is 5.01 Å². The van der Waals surface area contributed by atoms with Crippen molar-refractivity contribution >= 4 is 17.1 Å². The average Bonchev–Trinajstić information content (AvgIpc) is 2.80. The van der Waals surface area contributed by atoms with E-state index in [-0.39, 0.29) is 5.78 Å². The van der Waals surface area contributed by atoms with E-state index >= 15 is 0 Å². The minimum atomic E-state index is -0.0327. The lowest BCUT2D eigenvalue weighted by Gasteiger charge is -1.93. The van der Waals surface area contributed by atoms with E-state index < -0.39 is 0 Å². The first-order valence-electron chi connectivity index (χ1n) is 4.99. The highest BCUT2D eigenvalue weighted by atomic mass is 32.1. The van der Waals surface area contributed by atoms with Crippen molar-refractivity contribution in [1.29, 1.82) is 0 Å². The van der Waals surface area contributed by atoms with Gasteiger partial charge in [-0.2, -0.15) is 0 Å². The van der Waals surface area contributed by atoms with E-state index in [1.165, 1.54) is 17.4 Å². The van der Waals surface area contributed by atoms with Crippen LogP contribution in [-0.4, -0.2) is 10.8 Å². The second-order valence-corrected chi connectivity index (χ2v) is 4.13. The maximum absolute atomic E-state index is 11.6. The number of aromatic nitrogens is 1. The van der Waals surface area contributed by atoms with Gasteiger partial charge in [-0.3, -0.25) is 4.79 Å². The van der Waals surface area contributed by atoms with Gasteiger partial charge in [0.05, 0.1) is 5.69 Å². The molecule has 0 aliphatic carbocycles. The van der Waals surface area contributed by atoms with Gasteiger partial charge < -0.3 is 0 Å². The number of carbonyl (C=O) groups excluding carboxylic acids is 1. The van der Waals surface area contributed by atoms with Gasteiger partial charge in [0.2, 0.25) is 5.78 Å². The third-order valence-electron chi connectivity index (χ3n) is 2.10. The van der Waals surface area contributed by atoms with Gasteiger partial charge in [-0.05, 0) is 13.0 Å². The zero-order chi connectivity index (χ0) is 11.4. The Morgan fingerprint density at radius 1 is 1.31 bits per heavy atom. The molecule has 0 amide bonds. The second-order valence-electron chi connectivity index (χ2n) is 3.27. The van der Waals surface area contributed by atoms with Crippen LogP contribution >= 0.6 is 11.3 Å². The van der Waals surface area contributed by atoms with Crippen molar-refractivity contribution in [2.75, 3.05) is 0 Å². The minimum Gasteiger partial charge on any atom is -0.287 e. The molecular weight excluding hydrogens is 218 g/mol. The summed E-state index contributed by atoms with van der Waals surface area (Å²) in [4.78, 5) is 15.9. The Balaban J connectivity index is 2.30. The molecule has 0 saturated carbocycles. The molecule has 1 aromatic carbocycles. The van der Waals surface area contributed by atoms with Gasteiger partial charge in [0.25, 0.3) is 0 Å². The largest absolute Gasteiger partial charge is 0.287 e. The SMILES string of the molecule is C/C=C/C(=O)c1nc(-c2ccccc2)cs1. The lowest BCUT2D eigenvalue weighted by molar-refractivity contribution is 0.104. The molecule has 0 unspecified atom stereocenters. The lowest BCUT2D eigenvalue weighted by atomic mass is 10.2. The summed E-state index contributed by atoms with van der Waals surface area (Å²) >= 11 is 1.38. The second kappa shape index (κ2) is 4.86. The molecule has 0 N–H and O–H groups in total. The number of benzene rings is 1. The third-order valence-corrected chi connectivity index (χ3v) is 2.96. The molecule has 0 aliphatic rings. The van der Waals surface area contributed by atoms with Crippen LogP contribution in [0.15, 0.2) is 47.9 Å². The van der Waals surface area contributed by atoms with Crippen LogP contribution in [0.4, 0.5) is 0 Å². The quantitative estimate of drug-likeness (QED) is 0.595. The van der Waals surface area contributed by atoms with Crippen LogP contribution in [0.2, 0.25) is 0 Å². The maximum Gasteiger partial charge on any atom is 0.214 e. The van der Waals surface area contributed by atoms with Crippen LogP contribution < -0.4 is 0 Å². The molecule has 0 saturated heterocycles. The molecule has 0 fully saturated rings. The van der Waals surface area contributed by atoms with Crippen LogP contribution in [0.5, 0.6) is 0 Å². The van der Waals surface area contributed by atoms with Crippen molar-refractivity contribution in [3.63, 3.8) is 0 Å². The number of nitrogens with zero attached hydrogens (tertiary/aromatic N) is 1. The highest BCUT2D eigenvalue weighted by Crippen LogP contribution is 2.21. The molecule has 2 nitrogen and oxygen atoms in total. The van der Waals surface area contributed by atoms with Crippen molar-refractivity contribution in [2.24, 2.45) is 0 Å². The molecule has 2 aromatic rings. The fourth-order valence-electron chi connectivity index (χ4n) is 1.35. The fourth-order valence-corrected chi connectivity index (χ4v) is 2.10. The Morgan fingerprint density at radius 2 is 2.06 bits per heavy atom. The van der Waals surface area contributed by atoms with Crippen molar-refractivity contribution in [3.05, 3.63) is 52.9 Å². The standard InChI is InChI=1S/C13H11NOS/c1-2-6-12(15)13-14-11(9-16-13)10-7-4-3-5-8-10/h2-9H,1H3/b6-2+. The molecule has 80 valence electrons. The van der Waals surface area contributed by atoms with Crippen molar-refractivity contribution < 1.29 is 4.79 Å². The van der Waals surface area contributed by atoms with E-state index in [1.54, 1.807) is 6.08 Å². The van der Waals surface area contributed by atoms with Crippen LogP contribution in [0.3, 0.4) is 0 Å². The molecule has 3 heteroatoms. The summed E-state index contributed by atoms with van der Waals surface area (Å²) in [5, 5.41) is 2.45. The Morgan fingerprint density at radius 3 is 2.75 bits per heavy atom. The highest BCUT2D eigenvalue weighted by molar-refractivity contribution is 7.12. The van der Waals surface area contributed by atoms with Gasteiger partial charge in [0, 0.05) is 10.9 Å². The summed E-state index contributed by atoms with van der Waals surface area (Å²) in [6, 6.07) is 9.85. The van der Waals surface area contributed by atoms with E-state index in [1.807, 2.05) is 42.6 Å². The van der Waals surface area contributed by atoms with Crippen molar-refractivity contribution in [1.82, 2.24) is 4.98 Å². The number of hydrogen-bond acceptors (Lipinski definition) is 3. The predicted molar refractivity (Wildman–Crippen MR) is 66.7 cm³/mol. The van der Waals surface area contributed by atoms with Crippen molar-refractivity contribution in [3.8, 4) is 11.3 Å². The van der Waals surface area contributed by atoms with Gasteiger partial charge in [-0.25, -0.2) is 4.98 Å². The number of rotatable bonds is 3. The van der Waals surface area contributed by atoms with Gasteiger partial charge >= 0.3 is 0 Å². The first-order valence-corrected chi connectivity index (χ1v) is 5.87. The molecule has 0 spiro atoms. The molecule has 1 aromatic heterocycles. The number of carbonyl (C=O) groups is 1. The number of hydrogen-bond donors (Lipinski definition) is 0. The van der Waals surface area contributed by atoms with Gasteiger partial charge in [0.1, 0.15) is 0 Å². The zero-order valence-electron chi connectivity index (χ0n) is 8.88. The number of allylic oxidation sites excluding steroid dienone is 2. The molecule has 0 bridgehead atoms. The van der Waals surface area contributed by atoms with Crippen molar-refractivity contribution in [2.45, 2.75) is 6.92 Å². The summed E-state index contributed by atoms with van der Waals surface area (Å²) in [6.07, 6.45) is 3.26. The third kappa shape index (κ3) is 2.25. The topological polar surface area (TPSA) is 30.0 Å². The van der Waals surface area contributed by atoms with E-state index in [4.69, 9.17) is 0 Å². The normalized spacial score (nSPS) is 10.8. The molecule has 16 heavy (non-hydrogen) atoms. The van der Waals surface area contributed by atoms with Crippen LogP contribution in [0, 0.1) is 0 Å². The Bertz CT molecular complexity index is 514. The molecule has 1 heterocycles. The molecule has 2 rings (SSSR count). The first kappa shape index (κ1) is 10.8. The molecule has 0 radical (unpaired) electrons. The fraction of sp³-hybridized carbons (Fsp3) is 0.0769. The Hall–Kier alpha value is -1.74. The first-order chi connectivity index (χ1) is 7.81. The van der Waals surface area contributed by atoms with Gasteiger partial charge in [-0.1, -0.05) is 36.4 Å². The molecule has 0 atom stereocenters. The smallest absolute Gasteiger partial charge is 0.214 e. The van der Waals surface area contributed by atoms with E-state index in [0.717, 1.165) is 11.3 Å². The summed E-state index contributed by atoms with van der Waals surface area (Å²) in [7, 11) is 0. The lowest BCUT2D eigenvalue weighted by Crippen LogP contribution is -1.92. The average molecular weight is 229 g/mol. The number of ketones is 1. The summed E-state index contributed by atoms with van der Waals surface area (Å²) in [5.41, 5.74) is 1.90. The number of thiazole rings is 1. The highest BCUT2D eigenvalue weighted by Gasteiger charge is 2.08. The zero-order valence-corrected chi connectivity index (χ0v) is 9.70. The minimum absolute atomic E-state index is 0.0327.